The Morgan fingerprint density at radius 1 is 1.44 bits per heavy atom. The predicted octanol–water partition coefficient (Wildman–Crippen LogP) is 1.15. The molecule has 1 N–H and O–H groups in total. The summed E-state index contributed by atoms with van der Waals surface area (Å²) in [6.07, 6.45) is 3.15. The minimum atomic E-state index is -0.467. The fraction of sp³-hybridized carbons (Fsp3) is 0.538. The molecule has 0 aliphatic carbocycles. The zero-order chi connectivity index (χ0) is 13.3. The predicted molar refractivity (Wildman–Crippen MR) is 65.5 cm³/mol. The second kappa shape index (κ2) is 4.48. The molecule has 1 aliphatic rings. The first kappa shape index (κ1) is 12.7. The third kappa shape index (κ3) is 2.55. The molecule has 1 fully saturated rings. The molecule has 0 radical (unpaired) electrons. The summed E-state index contributed by atoms with van der Waals surface area (Å²) < 4.78 is 4.97. The van der Waals surface area contributed by atoms with Crippen molar-refractivity contribution in [1.82, 2.24) is 10.2 Å². The molecule has 2 rings (SSSR count). The molecule has 0 spiro atoms. The van der Waals surface area contributed by atoms with E-state index in [1.54, 1.807) is 23.5 Å². The lowest BCUT2D eigenvalue weighted by Gasteiger charge is -2.38. The summed E-state index contributed by atoms with van der Waals surface area (Å²) in [5, 5.41) is 2.76. The zero-order valence-corrected chi connectivity index (χ0v) is 10.9. The van der Waals surface area contributed by atoms with E-state index in [-0.39, 0.29) is 23.8 Å². The Morgan fingerprint density at radius 2 is 2.17 bits per heavy atom. The van der Waals surface area contributed by atoms with Gasteiger partial charge in [0.1, 0.15) is 6.04 Å². The van der Waals surface area contributed by atoms with Gasteiger partial charge >= 0.3 is 0 Å². The van der Waals surface area contributed by atoms with Gasteiger partial charge in [-0.05, 0) is 11.5 Å². The second-order valence-corrected chi connectivity index (χ2v) is 5.69. The minimum absolute atomic E-state index is 0.0386. The summed E-state index contributed by atoms with van der Waals surface area (Å²) in [4.78, 5) is 25.6. The fourth-order valence-electron chi connectivity index (χ4n) is 2.03. The van der Waals surface area contributed by atoms with Crippen LogP contribution in [0.1, 0.15) is 26.3 Å². The largest absolute Gasteiger partial charge is 0.472 e. The summed E-state index contributed by atoms with van der Waals surface area (Å²) in [6, 6.07) is 1.33. The molecule has 2 heterocycles. The smallest absolute Gasteiger partial charge is 0.246 e. The molecule has 1 saturated heterocycles. The number of furan rings is 1. The summed E-state index contributed by atoms with van der Waals surface area (Å²) in [5.74, 6) is -0.152. The Balaban J connectivity index is 2.15. The average molecular weight is 250 g/mol. The molecule has 5 heteroatoms. The van der Waals surface area contributed by atoms with E-state index in [0.29, 0.717) is 6.54 Å². The highest BCUT2D eigenvalue weighted by Crippen LogP contribution is 2.24. The van der Waals surface area contributed by atoms with Crippen LogP contribution in [0.2, 0.25) is 0 Å². The number of amides is 2. The van der Waals surface area contributed by atoms with Gasteiger partial charge in [0.15, 0.2) is 0 Å². The number of nitrogens with one attached hydrogen (secondary N) is 1. The van der Waals surface area contributed by atoms with E-state index in [1.807, 2.05) is 20.8 Å². The number of carbonyl (C=O) groups is 2. The number of hydrogen-bond acceptors (Lipinski definition) is 3. The summed E-state index contributed by atoms with van der Waals surface area (Å²) in [6.45, 7) is 6.34. The van der Waals surface area contributed by atoms with E-state index in [2.05, 4.69) is 5.32 Å². The quantitative estimate of drug-likeness (QED) is 0.856. The summed E-state index contributed by atoms with van der Waals surface area (Å²) in [5.41, 5.74) is 0.604. The van der Waals surface area contributed by atoms with Crippen LogP contribution in [-0.2, 0) is 16.1 Å². The van der Waals surface area contributed by atoms with Crippen molar-refractivity contribution in [3.05, 3.63) is 24.2 Å². The molecule has 1 aromatic heterocycles. The molecular formula is C13H18N2O3. The van der Waals surface area contributed by atoms with Gasteiger partial charge in [0.05, 0.1) is 19.1 Å². The molecule has 0 bridgehead atoms. The number of rotatable bonds is 2. The molecule has 5 nitrogen and oxygen atoms in total. The van der Waals surface area contributed by atoms with Gasteiger partial charge in [0, 0.05) is 12.1 Å². The maximum absolute atomic E-state index is 12.3. The van der Waals surface area contributed by atoms with Gasteiger partial charge in [-0.1, -0.05) is 20.8 Å². The van der Waals surface area contributed by atoms with Gasteiger partial charge in [-0.2, -0.15) is 0 Å². The molecule has 1 atom stereocenters. The van der Waals surface area contributed by atoms with Crippen LogP contribution in [0.4, 0.5) is 0 Å². The normalized spacial score (nSPS) is 21.1. The topological polar surface area (TPSA) is 62.6 Å². The van der Waals surface area contributed by atoms with Crippen LogP contribution in [0.15, 0.2) is 23.0 Å². The first-order valence-corrected chi connectivity index (χ1v) is 5.97. The SMILES string of the molecule is CC(C)(C)C1NC(=O)CN(Cc2ccoc2)C1=O. The first-order chi connectivity index (χ1) is 8.38. The molecule has 1 aromatic rings. The minimum Gasteiger partial charge on any atom is -0.472 e. The van der Waals surface area contributed by atoms with Crippen molar-refractivity contribution < 1.29 is 14.0 Å². The van der Waals surface area contributed by atoms with Crippen molar-refractivity contribution in [2.45, 2.75) is 33.4 Å². The van der Waals surface area contributed by atoms with Gasteiger partial charge < -0.3 is 14.6 Å². The Hall–Kier alpha value is -1.78. The van der Waals surface area contributed by atoms with Crippen molar-refractivity contribution in [3.63, 3.8) is 0 Å². The fourth-order valence-corrected chi connectivity index (χ4v) is 2.03. The standard InChI is InChI=1S/C13H18N2O3/c1-13(2,3)11-12(17)15(7-10(16)14-11)6-9-4-5-18-8-9/h4-5,8,11H,6-7H2,1-3H3,(H,14,16). The summed E-state index contributed by atoms with van der Waals surface area (Å²) >= 11 is 0. The van der Waals surface area contributed by atoms with Gasteiger partial charge in [-0.15, -0.1) is 0 Å². The Labute approximate surface area is 106 Å². The lowest BCUT2D eigenvalue weighted by Crippen LogP contribution is -2.61. The number of carbonyl (C=O) groups excluding carboxylic acids is 2. The molecule has 1 aliphatic heterocycles. The lowest BCUT2D eigenvalue weighted by atomic mass is 9.84. The Bertz CT molecular complexity index is 445. The number of nitrogens with zero attached hydrogens (tertiary/aromatic N) is 1. The van der Waals surface area contributed by atoms with Crippen LogP contribution in [0.5, 0.6) is 0 Å². The van der Waals surface area contributed by atoms with E-state index in [9.17, 15) is 9.59 Å². The van der Waals surface area contributed by atoms with E-state index in [4.69, 9.17) is 4.42 Å². The van der Waals surface area contributed by atoms with Crippen LogP contribution >= 0.6 is 0 Å². The van der Waals surface area contributed by atoms with Crippen molar-refractivity contribution in [2.75, 3.05) is 6.54 Å². The Kier molecular flexibility index (Phi) is 3.15. The van der Waals surface area contributed by atoms with Crippen molar-refractivity contribution in [3.8, 4) is 0 Å². The first-order valence-electron chi connectivity index (χ1n) is 5.97. The van der Waals surface area contributed by atoms with Gasteiger partial charge in [-0.25, -0.2) is 0 Å². The van der Waals surface area contributed by atoms with Crippen LogP contribution < -0.4 is 5.32 Å². The third-order valence-electron chi connectivity index (χ3n) is 3.02. The number of hydrogen-bond donors (Lipinski definition) is 1. The molecular weight excluding hydrogens is 232 g/mol. The number of piperazine rings is 1. The molecule has 0 saturated carbocycles. The molecule has 18 heavy (non-hydrogen) atoms. The highest BCUT2D eigenvalue weighted by molar-refractivity contribution is 5.95. The molecule has 1 unspecified atom stereocenters. The van der Waals surface area contributed by atoms with E-state index in [0.717, 1.165) is 5.56 Å². The van der Waals surface area contributed by atoms with E-state index < -0.39 is 6.04 Å². The third-order valence-corrected chi connectivity index (χ3v) is 3.02. The maximum atomic E-state index is 12.3. The molecule has 98 valence electrons. The zero-order valence-electron chi connectivity index (χ0n) is 10.9. The van der Waals surface area contributed by atoms with Crippen molar-refractivity contribution in [2.24, 2.45) is 5.41 Å². The molecule has 0 aromatic carbocycles. The van der Waals surface area contributed by atoms with Gasteiger partial charge in [0.25, 0.3) is 0 Å². The van der Waals surface area contributed by atoms with Crippen LogP contribution in [0.25, 0.3) is 0 Å². The molecule has 2 amide bonds. The second-order valence-electron chi connectivity index (χ2n) is 5.69. The van der Waals surface area contributed by atoms with Crippen LogP contribution in [-0.4, -0.2) is 29.3 Å². The average Bonchev–Trinajstić information content (AvgIpc) is 2.74. The summed E-state index contributed by atoms with van der Waals surface area (Å²) in [7, 11) is 0. The van der Waals surface area contributed by atoms with E-state index >= 15 is 0 Å². The monoisotopic (exact) mass is 250 g/mol. The van der Waals surface area contributed by atoms with Crippen molar-refractivity contribution >= 4 is 11.8 Å². The van der Waals surface area contributed by atoms with Crippen LogP contribution in [0, 0.1) is 5.41 Å². The van der Waals surface area contributed by atoms with Crippen molar-refractivity contribution in [1.29, 1.82) is 0 Å². The van der Waals surface area contributed by atoms with Gasteiger partial charge in [0.2, 0.25) is 11.8 Å². The maximum Gasteiger partial charge on any atom is 0.246 e. The highest BCUT2D eigenvalue weighted by atomic mass is 16.3. The highest BCUT2D eigenvalue weighted by Gasteiger charge is 2.39. The van der Waals surface area contributed by atoms with E-state index in [1.165, 1.54) is 0 Å². The van der Waals surface area contributed by atoms with Crippen LogP contribution in [0.3, 0.4) is 0 Å². The van der Waals surface area contributed by atoms with Gasteiger partial charge in [-0.3, -0.25) is 9.59 Å². The Morgan fingerprint density at radius 3 is 2.72 bits per heavy atom. The lowest BCUT2D eigenvalue weighted by molar-refractivity contribution is -0.147.